The molecule has 0 saturated heterocycles. The molecule has 1 unspecified atom stereocenters. The second-order valence-electron chi connectivity index (χ2n) is 8.48. The van der Waals surface area contributed by atoms with Crippen LogP contribution in [0, 0.1) is 5.41 Å². The molecule has 25 heavy (non-hydrogen) atoms. The highest BCUT2D eigenvalue weighted by Gasteiger charge is 2.31. The molecule has 0 spiro atoms. The number of phosphoric ester groups is 1. The summed E-state index contributed by atoms with van der Waals surface area (Å²) < 4.78 is 16.1. The SMILES string of the molecule is CCCCCCCCCCCCCCCC(OP(=O)(O)O)C(C)(C)C. The van der Waals surface area contributed by atoms with Crippen molar-refractivity contribution in [2.45, 2.75) is 124 Å². The second kappa shape index (κ2) is 14.2. The smallest absolute Gasteiger partial charge is 0.303 e. The van der Waals surface area contributed by atoms with Crippen molar-refractivity contribution in [3.8, 4) is 0 Å². The lowest BCUT2D eigenvalue weighted by Crippen LogP contribution is -2.28. The van der Waals surface area contributed by atoms with E-state index in [4.69, 9.17) is 14.3 Å². The summed E-state index contributed by atoms with van der Waals surface area (Å²) in [7, 11) is -4.40. The summed E-state index contributed by atoms with van der Waals surface area (Å²) in [6, 6.07) is 0. The van der Waals surface area contributed by atoms with Gasteiger partial charge in [0.05, 0.1) is 6.10 Å². The Morgan fingerprint density at radius 2 is 1.12 bits per heavy atom. The van der Waals surface area contributed by atoms with Crippen molar-refractivity contribution < 1.29 is 18.9 Å². The quantitative estimate of drug-likeness (QED) is 0.224. The van der Waals surface area contributed by atoms with Crippen LogP contribution in [0.2, 0.25) is 0 Å². The molecule has 1 atom stereocenters. The van der Waals surface area contributed by atoms with E-state index >= 15 is 0 Å². The van der Waals surface area contributed by atoms with Gasteiger partial charge in [0, 0.05) is 0 Å². The Morgan fingerprint density at radius 3 is 1.44 bits per heavy atom. The first-order chi connectivity index (χ1) is 11.7. The van der Waals surface area contributed by atoms with Crippen LogP contribution in [0.3, 0.4) is 0 Å². The molecule has 0 amide bonds. The Balaban J connectivity index is 3.56. The molecular formula is C20H43O4P. The molecule has 0 aliphatic rings. The summed E-state index contributed by atoms with van der Waals surface area (Å²) in [6.07, 6.45) is 17.2. The van der Waals surface area contributed by atoms with E-state index in [2.05, 4.69) is 6.92 Å². The van der Waals surface area contributed by atoms with E-state index in [1.807, 2.05) is 20.8 Å². The van der Waals surface area contributed by atoms with E-state index in [9.17, 15) is 4.57 Å². The van der Waals surface area contributed by atoms with Gasteiger partial charge in [-0.1, -0.05) is 111 Å². The Labute approximate surface area is 156 Å². The topological polar surface area (TPSA) is 66.8 Å². The fourth-order valence-electron chi connectivity index (χ4n) is 3.16. The van der Waals surface area contributed by atoms with Crippen molar-refractivity contribution in [2.24, 2.45) is 5.41 Å². The minimum atomic E-state index is -4.40. The van der Waals surface area contributed by atoms with Crippen molar-refractivity contribution in [1.29, 1.82) is 0 Å². The van der Waals surface area contributed by atoms with Crippen molar-refractivity contribution >= 4 is 7.82 Å². The van der Waals surface area contributed by atoms with Gasteiger partial charge in [-0.05, 0) is 11.8 Å². The molecule has 0 aromatic rings. The van der Waals surface area contributed by atoms with Crippen molar-refractivity contribution in [2.75, 3.05) is 0 Å². The minimum Gasteiger partial charge on any atom is -0.303 e. The molecule has 152 valence electrons. The Kier molecular flexibility index (Phi) is 14.3. The zero-order valence-corrected chi connectivity index (χ0v) is 18.0. The van der Waals surface area contributed by atoms with Crippen molar-refractivity contribution in [1.82, 2.24) is 0 Å². The fraction of sp³-hybridized carbons (Fsp3) is 1.00. The minimum absolute atomic E-state index is 0.252. The summed E-state index contributed by atoms with van der Waals surface area (Å²) in [5.74, 6) is 0. The van der Waals surface area contributed by atoms with Crippen LogP contribution >= 0.6 is 7.82 Å². The van der Waals surface area contributed by atoms with Gasteiger partial charge in [-0.25, -0.2) is 4.57 Å². The van der Waals surface area contributed by atoms with Crippen LogP contribution < -0.4 is 0 Å². The summed E-state index contributed by atoms with van der Waals surface area (Å²) in [5.41, 5.74) is -0.252. The molecule has 0 aromatic carbocycles. The molecule has 0 radical (unpaired) electrons. The highest BCUT2D eigenvalue weighted by Crippen LogP contribution is 2.43. The highest BCUT2D eigenvalue weighted by atomic mass is 31.2. The first kappa shape index (κ1) is 25.1. The number of phosphoric acid groups is 1. The first-order valence-electron chi connectivity index (χ1n) is 10.4. The molecule has 0 bridgehead atoms. The van der Waals surface area contributed by atoms with Gasteiger partial charge in [0.2, 0.25) is 0 Å². The standard InChI is InChI=1S/C20H43O4P/c1-5-6-7-8-9-10-11-12-13-14-15-16-17-18-19(20(2,3)4)24-25(21,22)23/h19H,5-18H2,1-4H3,(H2,21,22,23). The third-order valence-corrected chi connectivity index (χ3v) is 5.33. The molecule has 0 heterocycles. The van der Waals surface area contributed by atoms with Gasteiger partial charge in [0.25, 0.3) is 0 Å². The third-order valence-electron chi connectivity index (χ3n) is 4.80. The van der Waals surface area contributed by atoms with E-state index in [1.165, 1.54) is 70.6 Å². The van der Waals surface area contributed by atoms with Gasteiger partial charge in [0.15, 0.2) is 0 Å². The first-order valence-corrected chi connectivity index (χ1v) is 11.9. The van der Waals surface area contributed by atoms with E-state index in [-0.39, 0.29) is 11.5 Å². The maximum atomic E-state index is 11.1. The zero-order chi connectivity index (χ0) is 19.2. The maximum Gasteiger partial charge on any atom is 0.469 e. The molecule has 0 aliphatic heterocycles. The van der Waals surface area contributed by atoms with E-state index in [0.717, 1.165) is 12.8 Å². The van der Waals surface area contributed by atoms with E-state index in [0.29, 0.717) is 6.42 Å². The van der Waals surface area contributed by atoms with Crippen LogP contribution in [0.4, 0.5) is 0 Å². The number of unbranched alkanes of at least 4 members (excludes halogenated alkanes) is 12. The van der Waals surface area contributed by atoms with Crippen LogP contribution in [0.1, 0.15) is 118 Å². The van der Waals surface area contributed by atoms with Crippen LogP contribution in [-0.2, 0) is 9.09 Å². The molecule has 0 saturated carbocycles. The molecule has 5 heteroatoms. The van der Waals surface area contributed by atoms with Crippen LogP contribution in [0.15, 0.2) is 0 Å². The summed E-state index contributed by atoms with van der Waals surface area (Å²) in [6.45, 7) is 8.16. The summed E-state index contributed by atoms with van der Waals surface area (Å²) in [4.78, 5) is 18.1. The monoisotopic (exact) mass is 378 g/mol. The molecule has 0 rings (SSSR count). The number of hydrogen-bond donors (Lipinski definition) is 2. The number of hydrogen-bond acceptors (Lipinski definition) is 2. The normalized spacial score (nSPS) is 14.0. The van der Waals surface area contributed by atoms with Gasteiger partial charge < -0.3 is 9.79 Å². The van der Waals surface area contributed by atoms with Gasteiger partial charge in [-0.2, -0.15) is 0 Å². The second-order valence-corrected chi connectivity index (χ2v) is 9.67. The Hall–Kier alpha value is 0.110. The fourth-order valence-corrected chi connectivity index (χ4v) is 3.91. The zero-order valence-electron chi connectivity index (χ0n) is 17.1. The van der Waals surface area contributed by atoms with Crippen LogP contribution in [-0.4, -0.2) is 15.9 Å². The molecule has 0 aliphatic carbocycles. The predicted molar refractivity (Wildman–Crippen MR) is 107 cm³/mol. The van der Waals surface area contributed by atoms with Crippen molar-refractivity contribution in [3.63, 3.8) is 0 Å². The lowest BCUT2D eigenvalue weighted by molar-refractivity contribution is 0.0450. The molecule has 0 aromatic heterocycles. The average Bonchev–Trinajstić information content (AvgIpc) is 2.48. The van der Waals surface area contributed by atoms with Crippen LogP contribution in [0.25, 0.3) is 0 Å². The highest BCUT2D eigenvalue weighted by molar-refractivity contribution is 7.46. The third kappa shape index (κ3) is 17.3. The van der Waals surface area contributed by atoms with Gasteiger partial charge in [0.1, 0.15) is 0 Å². The maximum absolute atomic E-state index is 11.1. The largest absolute Gasteiger partial charge is 0.469 e. The van der Waals surface area contributed by atoms with E-state index in [1.54, 1.807) is 0 Å². The Bertz CT molecular complexity index is 346. The van der Waals surface area contributed by atoms with Crippen LogP contribution in [0.5, 0.6) is 0 Å². The van der Waals surface area contributed by atoms with Gasteiger partial charge in [-0.15, -0.1) is 0 Å². The number of rotatable bonds is 16. The molecule has 4 nitrogen and oxygen atoms in total. The molecular weight excluding hydrogens is 335 g/mol. The van der Waals surface area contributed by atoms with Gasteiger partial charge >= 0.3 is 7.82 Å². The average molecular weight is 379 g/mol. The summed E-state index contributed by atoms with van der Waals surface area (Å²) >= 11 is 0. The lowest BCUT2D eigenvalue weighted by Gasteiger charge is -2.30. The summed E-state index contributed by atoms with van der Waals surface area (Å²) in [5, 5.41) is 0. The Morgan fingerprint density at radius 1 is 0.760 bits per heavy atom. The van der Waals surface area contributed by atoms with E-state index < -0.39 is 7.82 Å². The van der Waals surface area contributed by atoms with Crippen molar-refractivity contribution in [3.05, 3.63) is 0 Å². The molecule has 2 N–H and O–H groups in total. The molecule has 0 fully saturated rings. The lowest BCUT2D eigenvalue weighted by atomic mass is 9.86. The van der Waals surface area contributed by atoms with Gasteiger partial charge in [-0.3, -0.25) is 4.52 Å². The predicted octanol–water partition coefficient (Wildman–Crippen LogP) is 6.99.